The number of halogens is 1. The van der Waals surface area contributed by atoms with Crippen LogP contribution in [0.2, 0.25) is 0 Å². The number of benzene rings is 2. The molecule has 0 fully saturated rings. The summed E-state index contributed by atoms with van der Waals surface area (Å²) in [6.45, 7) is 2.03. The third-order valence-corrected chi connectivity index (χ3v) is 4.47. The van der Waals surface area contributed by atoms with Gasteiger partial charge in [0.05, 0.1) is 0 Å². The van der Waals surface area contributed by atoms with Crippen LogP contribution in [0.5, 0.6) is 0 Å². The first kappa shape index (κ1) is 14.3. The minimum absolute atomic E-state index is 0.200. The fourth-order valence-electron chi connectivity index (χ4n) is 3.26. The predicted molar refractivity (Wildman–Crippen MR) is 84.7 cm³/mol. The Balaban J connectivity index is 1.87. The van der Waals surface area contributed by atoms with Gasteiger partial charge in [-0.2, -0.15) is 0 Å². The van der Waals surface area contributed by atoms with Gasteiger partial charge in [0, 0.05) is 5.54 Å². The smallest absolute Gasteiger partial charge is 0.123 e. The van der Waals surface area contributed by atoms with Crippen molar-refractivity contribution in [3.05, 3.63) is 70.5 Å². The van der Waals surface area contributed by atoms with Crippen LogP contribution in [-0.4, -0.2) is 0 Å². The molecule has 3 rings (SSSR count). The number of rotatable bonds is 3. The second-order valence-electron chi connectivity index (χ2n) is 6.41. The second kappa shape index (κ2) is 5.61. The van der Waals surface area contributed by atoms with Crippen molar-refractivity contribution in [1.82, 2.24) is 0 Å². The Morgan fingerprint density at radius 1 is 1.05 bits per heavy atom. The van der Waals surface area contributed by atoms with Gasteiger partial charge in [0.1, 0.15) is 5.82 Å². The number of hydrogen-bond donors (Lipinski definition) is 1. The molecule has 2 aromatic carbocycles. The highest BCUT2D eigenvalue weighted by molar-refractivity contribution is 5.37. The lowest BCUT2D eigenvalue weighted by molar-refractivity contribution is 0.488. The number of fused-ring (bicyclic) bond motifs is 1. The van der Waals surface area contributed by atoms with E-state index in [2.05, 4.69) is 18.2 Å². The van der Waals surface area contributed by atoms with Gasteiger partial charge in [0.2, 0.25) is 0 Å². The molecule has 1 aliphatic carbocycles. The fraction of sp³-hybridized carbons (Fsp3) is 0.368. The maximum Gasteiger partial charge on any atom is 0.123 e. The van der Waals surface area contributed by atoms with E-state index in [0.29, 0.717) is 6.42 Å². The molecule has 2 aromatic rings. The molecule has 2 N–H and O–H groups in total. The monoisotopic (exact) mass is 283 g/mol. The van der Waals surface area contributed by atoms with Crippen molar-refractivity contribution < 1.29 is 4.39 Å². The van der Waals surface area contributed by atoms with Crippen LogP contribution in [-0.2, 0) is 24.8 Å². The van der Waals surface area contributed by atoms with Crippen molar-refractivity contribution >= 4 is 0 Å². The Kier molecular flexibility index (Phi) is 3.81. The Bertz CT molecular complexity index is 646. The van der Waals surface area contributed by atoms with Crippen LogP contribution in [0.4, 0.5) is 4.39 Å². The third-order valence-electron chi connectivity index (χ3n) is 4.47. The number of nitrogens with two attached hydrogens (primary N) is 1. The van der Waals surface area contributed by atoms with Crippen LogP contribution >= 0.6 is 0 Å². The maximum absolute atomic E-state index is 13.3. The molecule has 0 spiro atoms. The zero-order chi connectivity index (χ0) is 14.9. The van der Waals surface area contributed by atoms with E-state index in [1.807, 2.05) is 13.0 Å². The van der Waals surface area contributed by atoms with Crippen LogP contribution in [0.25, 0.3) is 0 Å². The summed E-state index contributed by atoms with van der Waals surface area (Å²) in [5.41, 5.74) is 11.1. The van der Waals surface area contributed by atoms with Gasteiger partial charge in [-0.25, -0.2) is 4.39 Å². The Morgan fingerprint density at radius 3 is 2.57 bits per heavy atom. The van der Waals surface area contributed by atoms with Crippen LogP contribution in [0.15, 0.2) is 42.5 Å². The van der Waals surface area contributed by atoms with E-state index in [0.717, 1.165) is 17.5 Å². The van der Waals surface area contributed by atoms with E-state index in [4.69, 9.17) is 5.73 Å². The summed E-state index contributed by atoms with van der Waals surface area (Å²) >= 11 is 0. The molecule has 1 unspecified atom stereocenters. The standard InChI is InChI=1S/C19H22FN/c1-19(21,13-14-5-4-8-18(20)11-14)17-10-9-15-6-2-3-7-16(15)12-17/h4-5,8-12H,2-3,6-7,13,21H2,1H3. The van der Waals surface area contributed by atoms with Gasteiger partial charge in [0.15, 0.2) is 0 Å². The van der Waals surface area contributed by atoms with E-state index < -0.39 is 5.54 Å². The molecule has 0 bridgehead atoms. The molecule has 0 aliphatic heterocycles. The van der Waals surface area contributed by atoms with E-state index in [1.165, 1.54) is 36.5 Å². The van der Waals surface area contributed by atoms with Crippen molar-refractivity contribution in [3.8, 4) is 0 Å². The summed E-state index contributed by atoms with van der Waals surface area (Å²) in [4.78, 5) is 0. The molecule has 1 aliphatic rings. The van der Waals surface area contributed by atoms with Gasteiger partial charge >= 0.3 is 0 Å². The van der Waals surface area contributed by atoms with E-state index >= 15 is 0 Å². The van der Waals surface area contributed by atoms with Gasteiger partial charge in [-0.3, -0.25) is 0 Å². The average molecular weight is 283 g/mol. The first-order chi connectivity index (χ1) is 10.0. The molecule has 2 heteroatoms. The minimum atomic E-state index is -0.472. The SMILES string of the molecule is CC(N)(Cc1cccc(F)c1)c1ccc2c(c1)CCCC2. The summed E-state index contributed by atoms with van der Waals surface area (Å²) in [6.07, 6.45) is 5.53. The highest BCUT2D eigenvalue weighted by Crippen LogP contribution is 2.28. The summed E-state index contributed by atoms with van der Waals surface area (Å²) in [5, 5.41) is 0. The average Bonchev–Trinajstić information content (AvgIpc) is 2.46. The molecule has 0 aromatic heterocycles. The van der Waals surface area contributed by atoms with Gasteiger partial charge in [-0.1, -0.05) is 30.3 Å². The summed E-state index contributed by atoms with van der Waals surface area (Å²) in [5.74, 6) is -0.200. The molecule has 0 saturated carbocycles. The zero-order valence-corrected chi connectivity index (χ0v) is 12.5. The lowest BCUT2D eigenvalue weighted by Gasteiger charge is -2.27. The Morgan fingerprint density at radius 2 is 1.81 bits per heavy atom. The summed E-state index contributed by atoms with van der Waals surface area (Å²) < 4.78 is 13.3. The normalized spacial score (nSPS) is 17.1. The van der Waals surface area contributed by atoms with Crippen LogP contribution < -0.4 is 5.73 Å². The lowest BCUT2D eigenvalue weighted by Crippen LogP contribution is -2.35. The van der Waals surface area contributed by atoms with Crippen molar-refractivity contribution in [3.63, 3.8) is 0 Å². The van der Waals surface area contributed by atoms with E-state index in [1.54, 1.807) is 12.1 Å². The first-order valence-corrected chi connectivity index (χ1v) is 7.70. The Labute approximate surface area is 126 Å². The van der Waals surface area contributed by atoms with E-state index in [9.17, 15) is 4.39 Å². The van der Waals surface area contributed by atoms with Gasteiger partial charge in [-0.15, -0.1) is 0 Å². The van der Waals surface area contributed by atoms with Crippen LogP contribution in [0, 0.1) is 5.82 Å². The van der Waals surface area contributed by atoms with Crippen molar-refractivity contribution in [2.75, 3.05) is 0 Å². The molecule has 0 saturated heterocycles. The highest BCUT2D eigenvalue weighted by atomic mass is 19.1. The number of aryl methyl sites for hydroxylation is 2. The molecular formula is C19H22FN. The molecule has 1 atom stereocenters. The molecule has 1 nitrogen and oxygen atoms in total. The van der Waals surface area contributed by atoms with E-state index in [-0.39, 0.29) is 5.82 Å². The lowest BCUT2D eigenvalue weighted by atomic mass is 9.82. The number of hydrogen-bond acceptors (Lipinski definition) is 1. The molecule has 21 heavy (non-hydrogen) atoms. The molecular weight excluding hydrogens is 261 g/mol. The largest absolute Gasteiger partial charge is 0.321 e. The van der Waals surface area contributed by atoms with Gasteiger partial charge in [-0.05, 0) is 73.4 Å². The van der Waals surface area contributed by atoms with Crippen molar-refractivity contribution in [1.29, 1.82) is 0 Å². The third kappa shape index (κ3) is 3.16. The first-order valence-electron chi connectivity index (χ1n) is 7.70. The second-order valence-corrected chi connectivity index (χ2v) is 6.41. The van der Waals surface area contributed by atoms with Gasteiger partial charge < -0.3 is 5.73 Å². The summed E-state index contributed by atoms with van der Waals surface area (Å²) in [7, 11) is 0. The molecule has 110 valence electrons. The summed E-state index contributed by atoms with van der Waals surface area (Å²) in [6, 6.07) is 13.3. The minimum Gasteiger partial charge on any atom is -0.321 e. The molecule has 0 amide bonds. The van der Waals surface area contributed by atoms with Crippen molar-refractivity contribution in [2.45, 2.75) is 44.6 Å². The van der Waals surface area contributed by atoms with Crippen LogP contribution in [0.3, 0.4) is 0 Å². The fourth-order valence-corrected chi connectivity index (χ4v) is 3.26. The maximum atomic E-state index is 13.3. The van der Waals surface area contributed by atoms with Crippen molar-refractivity contribution in [2.24, 2.45) is 5.73 Å². The quantitative estimate of drug-likeness (QED) is 0.901. The molecule has 0 heterocycles. The topological polar surface area (TPSA) is 26.0 Å². The van der Waals surface area contributed by atoms with Gasteiger partial charge in [0.25, 0.3) is 0 Å². The predicted octanol–water partition coefficient (Wildman–Crippen LogP) is 4.12. The van der Waals surface area contributed by atoms with Crippen LogP contribution in [0.1, 0.15) is 42.0 Å². The molecule has 0 radical (unpaired) electrons. The highest BCUT2D eigenvalue weighted by Gasteiger charge is 2.23. The zero-order valence-electron chi connectivity index (χ0n) is 12.5. The Hall–Kier alpha value is -1.67.